The molecule has 30 heavy (non-hydrogen) atoms. The fraction of sp³-hybridized carbons (Fsp3) is 0.250. The monoisotopic (exact) mass is 419 g/mol. The van der Waals surface area contributed by atoms with Crippen LogP contribution in [0.15, 0.2) is 70.8 Å². The van der Waals surface area contributed by atoms with Gasteiger partial charge < -0.3 is 0 Å². The number of halogens is 1. The van der Waals surface area contributed by atoms with E-state index >= 15 is 0 Å². The molecule has 0 saturated heterocycles. The minimum atomic E-state index is -0.214. The SMILES string of the molecule is CC(c1ccccc1F)N(Cn1nc(-c2cccs2)c2ccccc2c1=O)C1CC1. The summed E-state index contributed by atoms with van der Waals surface area (Å²) in [6.45, 7) is 2.34. The number of aromatic nitrogens is 2. The lowest BCUT2D eigenvalue weighted by atomic mass is 10.1. The zero-order valence-electron chi connectivity index (χ0n) is 16.7. The number of thiophene rings is 1. The van der Waals surface area contributed by atoms with Crippen molar-refractivity contribution in [2.24, 2.45) is 0 Å². The second kappa shape index (κ2) is 7.78. The Morgan fingerprint density at radius 3 is 2.53 bits per heavy atom. The van der Waals surface area contributed by atoms with Crippen LogP contribution in [0.5, 0.6) is 0 Å². The lowest BCUT2D eigenvalue weighted by Crippen LogP contribution is -2.37. The molecule has 2 aromatic carbocycles. The summed E-state index contributed by atoms with van der Waals surface area (Å²) in [5.41, 5.74) is 1.35. The van der Waals surface area contributed by atoms with Gasteiger partial charge in [0.2, 0.25) is 0 Å². The summed E-state index contributed by atoms with van der Waals surface area (Å²) in [5.74, 6) is -0.214. The Morgan fingerprint density at radius 2 is 1.83 bits per heavy atom. The van der Waals surface area contributed by atoms with Gasteiger partial charge in [0.15, 0.2) is 0 Å². The molecule has 4 aromatic rings. The Labute approximate surface area is 178 Å². The number of hydrogen-bond donors (Lipinski definition) is 0. The normalized spacial score (nSPS) is 15.0. The van der Waals surface area contributed by atoms with Gasteiger partial charge in [-0.15, -0.1) is 11.3 Å². The van der Waals surface area contributed by atoms with Gasteiger partial charge in [-0.25, -0.2) is 9.07 Å². The van der Waals surface area contributed by atoms with E-state index in [0.29, 0.717) is 23.7 Å². The van der Waals surface area contributed by atoms with Gasteiger partial charge in [-0.05, 0) is 43.3 Å². The fourth-order valence-electron chi connectivity index (χ4n) is 4.03. The van der Waals surface area contributed by atoms with E-state index < -0.39 is 0 Å². The van der Waals surface area contributed by atoms with Crippen LogP contribution in [0.25, 0.3) is 21.3 Å². The molecule has 4 nitrogen and oxygen atoms in total. The molecule has 152 valence electrons. The number of benzene rings is 2. The van der Waals surface area contributed by atoms with Crippen LogP contribution in [0.1, 0.15) is 31.4 Å². The fourth-order valence-corrected chi connectivity index (χ4v) is 4.76. The molecule has 0 aliphatic heterocycles. The van der Waals surface area contributed by atoms with E-state index in [9.17, 15) is 9.18 Å². The number of hydrogen-bond acceptors (Lipinski definition) is 4. The highest BCUT2D eigenvalue weighted by atomic mass is 32.1. The highest BCUT2D eigenvalue weighted by Gasteiger charge is 2.34. The van der Waals surface area contributed by atoms with Crippen LogP contribution in [0.2, 0.25) is 0 Å². The molecule has 1 aliphatic rings. The lowest BCUT2D eigenvalue weighted by Gasteiger charge is -2.30. The zero-order chi connectivity index (χ0) is 20.7. The maximum atomic E-state index is 14.5. The first-order chi connectivity index (χ1) is 14.6. The van der Waals surface area contributed by atoms with Crippen molar-refractivity contribution in [3.63, 3.8) is 0 Å². The quantitative estimate of drug-likeness (QED) is 0.417. The van der Waals surface area contributed by atoms with Gasteiger partial charge in [-0.3, -0.25) is 9.69 Å². The first-order valence-corrected chi connectivity index (χ1v) is 11.1. The molecule has 2 aromatic heterocycles. The summed E-state index contributed by atoms with van der Waals surface area (Å²) in [7, 11) is 0. The Hall–Kier alpha value is -2.83. The average molecular weight is 420 g/mol. The van der Waals surface area contributed by atoms with E-state index in [0.717, 1.165) is 28.8 Å². The summed E-state index contributed by atoms with van der Waals surface area (Å²) < 4.78 is 16.0. The predicted molar refractivity (Wildman–Crippen MR) is 119 cm³/mol. The highest BCUT2D eigenvalue weighted by Crippen LogP contribution is 2.35. The van der Waals surface area contributed by atoms with Gasteiger partial charge in [-0.2, -0.15) is 5.10 Å². The lowest BCUT2D eigenvalue weighted by molar-refractivity contribution is 0.138. The van der Waals surface area contributed by atoms with Crippen molar-refractivity contribution in [1.29, 1.82) is 0 Å². The average Bonchev–Trinajstić information content (AvgIpc) is 3.46. The van der Waals surface area contributed by atoms with Gasteiger partial charge in [0.25, 0.3) is 5.56 Å². The Balaban J connectivity index is 1.59. The first-order valence-electron chi connectivity index (χ1n) is 10.2. The highest BCUT2D eigenvalue weighted by molar-refractivity contribution is 7.13. The summed E-state index contributed by atoms with van der Waals surface area (Å²) in [6, 6.07) is 18.7. The first kappa shape index (κ1) is 19.2. The van der Waals surface area contributed by atoms with Gasteiger partial charge in [0, 0.05) is 23.0 Å². The van der Waals surface area contributed by atoms with Gasteiger partial charge in [-0.1, -0.05) is 42.5 Å². The predicted octanol–water partition coefficient (Wildman–Crippen LogP) is 5.45. The molecule has 0 amide bonds. The van der Waals surface area contributed by atoms with Crippen LogP contribution in [-0.2, 0) is 6.67 Å². The van der Waals surface area contributed by atoms with E-state index in [1.165, 1.54) is 6.07 Å². The topological polar surface area (TPSA) is 38.1 Å². The van der Waals surface area contributed by atoms with Crippen LogP contribution < -0.4 is 5.56 Å². The minimum Gasteiger partial charge on any atom is -0.274 e. The third kappa shape index (κ3) is 3.46. The third-order valence-electron chi connectivity index (χ3n) is 5.79. The molecule has 0 radical (unpaired) electrons. The van der Waals surface area contributed by atoms with Crippen LogP contribution >= 0.6 is 11.3 Å². The molecule has 1 aliphatic carbocycles. The van der Waals surface area contributed by atoms with Crippen molar-refractivity contribution in [3.8, 4) is 10.6 Å². The van der Waals surface area contributed by atoms with Crippen LogP contribution in [0.4, 0.5) is 4.39 Å². The van der Waals surface area contributed by atoms with Crippen molar-refractivity contribution < 1.29 is 4.39 Å². The molecule has 1 atom stereocenters. The molecule has 0 N–H and O–H groups in total. The van der Waals surface area contributed by atoms with E-state index in [4.69, 9.17) is 5.10 Å². The molecular weight excluding hydrogens is 397 g/mol. The maximum absolute atomic E-state index is 14.5. The van der Waals surface area contributed by atoms with Crippen molar-refractivity contribution in [2.45, 2.75) is 38.5 Å². The van der Waals surface area contributed by atoms with E-state index in [2.05, 4.69) is 4.90 Å². The van der Waals surface area contributed by atoms with E-state index in [1.807, 2.05) is 60.8 Å². The molecule has 5 rings (SSSR count). The number of nitrogens with zero attached hydrogens (tertiary/aromatic N) is 3. The molecule has 0 bridgehead atoms. The standard InChI is InChI=1S/C24H22FN3OS/c1-16(18-7-4-5-10-21(18)25)27(17-12-13-17)15-28-24(29)20-9-3-2-8-19(20)23(26-28)22-11-6-14-30-22/h2-11,14,16-17H,12-13,15H2,1H3. The van der Waals surface area contributed by atoms with Crippen molar-refractivity contribution in [2.75, 3.05) is 0 Å². The zero-order valence-corrected chi connectivity index (χ0v) is 17.5. The summed E-state index contributed by atoms with van der Waals surface area (Å²) >= 11 is 1.61. The second-order valence-electron chi connectivity index (χ2n) is 7.76. The summed E-state index contributed by atoms with van der Waals surface area (Å²) in [4.78, 5) is 16.5. The summed E-state index contributed by atoms with van der Waals surface area (Å²) in [6.07, 6.45) is 2.11. The summed E-state index contributed by atoms with van der Waals surface area (Å²) in [5, 5.41) is 8.30. The largest absolute Gasteiger partial charge is 0.275 e. The van der Waals surface area contributed by atoms with Crippen molar-refractivity contribution >= 4 is 22.1 Å². The van der Waals surface area contributed by atoms with Crippen LogP contribution in [-0.4, -0.2) is 20.7 Å². The minimum absolute atomic E-state index is 0.114. The molecule has 2 heterocycles. The second-order valence-corrected chi connectivity index (χ2v) is 8.71. The van der Waals surface area contributed by atoms with E-state index in [1.54, 1.807) is 22.1 Å². The molecular formula is C24H22FN3OS. The Morgan fingerprint density at radius 1 is 1.10 bits per heavy atom. The smallest absolute Gasteiger partial charge is 0.274 e. The Kier molecular flexibility index (Phi) is 4.97. The van der Waals surface area contributed by atoms with Crippen LogP contribution in [0, 0.1) is 5.82 Å². The molecule has 1 unspecified atom stereocenters. The molecule has 0 spiro atoms. The molecule has 6 heteroatoms. The van der Waals surface area contributed by atoms with Gasteiger partial charge in [0.05, 0.1) is 16.9 Å². The molecule has 1 fully saturated rings. The maximum Gasteiger partial charge on any atom is 0.275 e. The van der Waals surface area contributed by atoms with Gasteiger partial charge >= 0.3 is 0 Å². The third-order valence-corrected chi connectivity index (χ3v) is 6.66. The number of rotatable bonds is 6. The van der Waals surface area contributed by atoms with Crippen molar-refractivity contribution in [1.82, 2.24) is 14.7 Å². The number of fused-ring (bicyclic) bond motifs is 1. The van der Waals surface area contributed by atoms with Crippen LogP contribution in [0.3, 0.4) is 0 Å². The van der Waals surface area contributed by atoms with Gasteiger partial charge in [0.1, 0.15) is 11.5 Å². The van der Waals surface area contributed by atoms with E-state index in [-0.39, 0.29) is 17.4 Å². The van der Waals surface area contributed by atoms with Crippen molar-refractivity contribution in [3.05, 3.63) is 87.8 Å². The molecule has 1 saturated carbocycles. The Bertz CT molecular complexity index is 1250.